The molecular formula is C18H24N2O4. The number of aromatic nitrogens is 1. The summed E-state index contributed by atoms with van der Waals surface area (Å²) in [5.41, 5.74) is -0.752. The molecule has 2 aliphatic carbocycles. The number of Topliss-reactive ketones (excluding diaryl/α,β-unsaturated/α-hetero) is 1. The van der Waals surface area contributed by atoms with Crippen molar-refractivity contribution in [1.29, 1.82) is 0 Å². The summed E-state index contributed by atoms with van der Waals surface area (Å²) in [5.74, 6) is 0.186. The van der Waals surface area contributed by atoms with Gasteiger partial charge in [0, 0.05) is 5.92 Å². The minimum absolute atomic E-state index is 0.151. The fraction of sp³-hybridized carbons (Fsp3) is 0.611. The summed E-state index contributed by atoms with van der Waals surface area (Å²) in [4.78, 5) is 27.8. The number of rotatable bonds is 5. The number of ether oxygens (including phenoxy) is 1. The molecular weight excluding hydrogens is 308 g/mol. The molecule has 0 spiro atoms. The number of hydrogen-bond acceptors (Lipinski definition) is 6. The van der Waals surface area contributed by atoms with Crippen molar-refractivity contribution in [3.63, 3.8) is 0 Å². The van der Waals surface area contributed by atoms with E-state index in [9.17, 15) is 9.59 Å². The van der Waals surface area contributed by atoms with Crippen LogP contribution in [0.1, 0.15) is 55.3 Å². The molecule has 0 bridgehead atoms. The summed E-state index contributed by atoms with van der Waals surface area (Å²) >= 11 is 0. The molecule has 0 saturated heterocycles. The molecule has 130 valence electrons. The number of nitrogens with zero attached hydrogens (tertiary/aromatic N) is 2. The summed E-state index contributed by atoms with van der Waals surface area (Å²) in [6, 6.07) is -0.187. The van der Waals surface area contributed by atoms with E-state index >= 15 is 0 Å². The molecule has 6 heteroatoms. The maximum absolute atomic E-state index is 13.2. The first-order valence-corrected chi connectivity index (χ1v) is 8.47. The first-order chi connectivity index (χ1) is 11.4. The van der Waals surface area contributed by atoms with E-state index in [1.165, 1.54) is 6.08 Å². The Hall–Kier alpha value is -1.95. The zero-order valence-electron chi connectivity index (χ0n) is 14.7. The molecule has 0 fully saturated rings. The van der Waals surface area contributed by atoms with Gasteiger partial charge in [-0.2, -0.15) is 0 Å². The zero-order chi connectivity index (χ0) is 17.5. The third-order valence-corrected chi connectivity index (χ3v) is 5.24. The van der Waals surface area contributed by atoms with Gasteiger partial charge in [0.15, 0.2) is 17.3 Å². The van der Waals surface area contributed by atoms with Gasteiger partial charge < -0.3 is 9.26 Å². The lowest BCUT2D eigenvalue weighted by Gasteiger charge is -2.45. The summed E-state index contributed by atoms with van der Waals surface area (Å²) < 4.78 is 11.2. The zero-order valence-corrected chi connectivity index (χ0v) is 14.7. The molecule has 6 nitrogen and oxygen atoms in total. The van der Waals surface area contributed by atoms with E-state index in [2.05, 4.69) is 12.1 Å². The summed E-state index contributed by atoms with van der Waals surface area (Å²) in [6.07, 6.45) is 5.88. The normalized spacial score (nSPS) is 28.9. The molecule has 1 aromatic rings. The van der Waals surface area contributed by atoms with Crippen molar-refractivity contribution in [2.75, 3.05) is 20.7 Å². The van der Waals surface area contributed by atoms with Crippen molar-refractivity contribution in [3.8, 4) is 5.88 Å². The van der Waals surface area contributed by atoms with Gasteiger partial charge in [0.05, 0.1) is 18.1 Å². The van der Waals surface area contributed by atoms with Gasteiger partial charge in [0.25, 0.3) is 5.88 Å². The summed E-state index contributed by atoms with van der Waals surface area (Å²) in [5, 5.41) is 3.99. The average molecular weight is 332 g/mol. The molecule has 0 amide bonds. The third kappa shape index (κ3) is 2.32. The quantitative estimate of drug-likeness (QED) is 0.610. The number of hydrogen-bond donors (Lipinski definition) is 0. The van der Waals surface area contributed by atoms with Crippen LogP contribution in [-0.2, 0) is 4.79 Å². The van der Waals surface area contributed by atoms with Gasteiger partial charge in [-0.15, -0.1) is 0 Å². The topological polar surface area (TPSA) is 72.6 Å². The summed E-state index contributed by atoms with van der Waals surface area (Å²) in [6.45, 7) is 4.28. The Morgan fingerprint density at radius 2 is 2.17 bits per heavy atom. The first kappa shape index (κ1) is 16.9. The lowest BCUT2D eigenvalue weighted by atomic mass is 9.58. The summed E-state index contributed by atoms with van der Waals surface area (Å²) in [7, 11) is 3.85. The van der Waals surface area contributed by atoms with Crippen LogP contribution in [0.15, 0.2) is 16.7 Å². The number of fused-ring (bicyclic) bond motifs is 2. The third-order valence-electron chi connectivity index (χ3n) is 5.24. The van der Waals surface area contributed by atoms with Gasteiger partial charge in [0.1, 0.15) is 5.56 Å². The van der Waals surface area contributed by atoms with Crippen molar-refractivity contribution in [3.05, 3.63) is 23.5 Å². The highest BCUT2D eigenvalue weighted by molar-refractivity contribution is 6.20. The smallest absolute Gasteiger partial charge is 0.265 e. The van der Waals surface area contributed by atoms with E-state index in [1.807, 2.05) is 25.1 Å². The first-order valence-electron chi connectivity index (χ1n) is 8.47. The number of ketones is 2. The Labute approximate surface area is 141 Å². The second-order valence-electron chi connectivity index (χ2n) is 6.98. The molecule has 2 aliphatic rings. The van der Waals surface area contributed by atoms with Crippen LogP contribution >= 0.6 is 0 Å². The predicted molar refractivity (Wildman–Crippen MR) is 88.0 cm³/mol. The molecule has 0 unspecified atom stereocenters. The van der Waals surface area contributed by atoms with Gasteiger partial charge in [-0.1, -0.05) is 19.4 Å². The molecule has 1 aromatic heterocycles. The second-order valence-corrected chi connectivity index (χ2v) is 6.98. The van der Waals surface area contributed by atoms with Crippen LogP contribution in [0.25, 0.3) is 0 Å². The van der Waals surface area contributed by atoms with Crippen LogP contribution in [0.5, 0.6) is 5.88 Å². The fourth-order valence-electron chi connectivity index (χ4n) is 3.78. The van der Waals surface area contributed by atoms with Crippen LogP contribution in [0, 0.1) is 11.3 Å². The Balaban J connectivity index is 2.09. The Bertz CT molecular complexity index is 691. The Kier molecular flexibility index (Phi) is 4.34. The molecule has 0 N–H and O–H groups in total. The number of carbonyl (C=O) groups is 2. The molecule has 0 saturated carbocycles. The lowest BCUT2D eigenvalue weighted by molar-refractivity contribution is -0.125. The number of allylic oxidation sites excluding steroid dienone is 2. The molecule has 3 atom stereocenters. The van der Waals surface area contributed by atoms with Crippen LogP contribution in [0.3, 0.4) is 0 Å². The van der Waals surface area contributed by atoms with Crippen LogP contribution < -0.4 is 4.74 Å². The standard InChI is InChI=1S/C18H24N2O4/c1-5-6-10-23-17-13-15(24-19-17)14(20(3)4)11-8-7-9-12(21)18(11,2)16(13)22/h7,9,11,14H,5-6,8,10H2,1-4H3/t11-,14+,18+/m0/s1. The second kappa shape index (κ2) is 6.16. The SMILES string of the molecule is CCCCOc1noc2c1C(=O)[C@@]1(C)C(=O)C=CC[C@H]1[C@H]2N(C)C. The highest BCUT2D eigenvalue weighted by Crippen LogP contribution is 2.53. The molecule has 1 heterocycles. The molecule has 0 radical (unpaired) electrons. The van der Waals surface area contributed by atoms with Gasteiger partial charge in [-0.05, 0) is 45.1 Å². The Morgan fingerprint density at radius 3 is 2.83 bits per heavy atom. The number of unbranched alkanes of at least 4 members (excludes halogenated alkanes) is 1. The van der Waals surface area contributed by atoms with Crippen LogP contribution in [-0.4, -0.2) is 42.3 Å². The lowest BCUT2D eigenvalue weighted by Crippen LogP contribution is -2.52. The van der Waals surface area contributed by atoms with E-state index in [0.29, 0.717) is 24.4 Å². The highest BCUT2D eigenvalue weighted by atomic mass is 16.5. The van der Waals surface area contributed by atoms with Gasteiger partial charge >= 0.3 is 0 Å². The van der Waals surface area contributed by atoms with Gasteiger partial charge in [0.2, 0.25) is 0 Å². The molecule has 3 rings (SSSR count). The maximum Gasteiger partial charge on any atom is 0.265 e. The largest absolute Gasteiger partial charge is 0.475 e. The van der Waals surface area contributed by atoms with Crippen molar-refractivity contribution < 1.29 is 18.8 Å². The monoisotopic (exact) mass is 332 g/mol. The van der Waals surface area contributed by atoms with E-state index in [4.69, 9.17) is 9.26 Å². The van der Waals surface area contributed by atoms with E-state index in [0.717, 1.165) is 12.8 Å². The van der Waals surface area contributed by atoms with Crippen molar-refractivity contribution in [2.24, 2.45) is 11.3 Å². The molecule has 24 heavy (non-hydrogen) atoms. The Morgan fingerprint density at radius 1 is 1.42 bits per heavy atom. The number of carbonyl (C=O) groups excluding carboxylic acids is 2. The highest BCUT2D eigenvalue weighted by Gasteiger charge is 2.58. The predicted octanol–water partition coefficient (Wildman–Crippen LogP) is 2.80. The van der Waals surface area contributed by atoms with E-state index in [1.54, 1.807) is 6.92 Å². The van der Waals surface area contributed by atoms with Crippen molar-refractivity contribution >= 4 is 11.6 Å². The maximum atomic E-state index is 13.2. The van der Waals surface area contributed by atoms with Gasteiger partial charge in [-0.25, -0.2) is 0 Å². The van der Waals surface area contributed by atoms with E-state index in [-0.39, 0.29) is 29.4 Å². The average Bonchev–Trinajstić information content (AvgIpc) is 2.94. The van der Waals surface area contributed by atoms with Crippen LogP contribution in [0.2, 0.25) is 0 Å². The van der Waals surface area contributed by atoms with Crippen molar-refractivity contribution in [2.45, 2.75) is 39.2 Å². The minimum atomic E-state index is -1.09. The van der Waals surface area contributed by atoms with Gasteiger partial charge in [-0.3, -0.25) is 14.5 Å². The van der Waals surface area contributed by atoms with E-state index < -0.39 is 5.41 Å². The minimum Gasteiger partial charge on any atom is -0.475 e. The van der Waals surface area contributed by atoms with Crippen molar-refractivity contribution in [1.82, 2.24) is 10.1 Å². The van der Waals surface area contributed by atoms with Crippen LogP contribution in [0.4, 0.5) is 0 Å². The molecule has 0 aliphatic heterocycles. The molecule has 0 aromatic carbocycles. The fourth-order valence-corrected chi connectivity index (χ4v) is 3.78.